The van der Waals surface area contributed by atoms with E-state index in [2.05, 4.69) is 20.2 Å². The van der Waals surface area contributed by atoms with E-state index in [0.29, 0.717) is 35.3 Å². The van der Waals surface area contributed by atoms with Gasteiger partial charge in [-0.3, -0.25) is 9.88 Å². The lowest BCUT2D eigenvalue weighted by Gasteiger charge is -2.34. The van der Waals surface area contributed by atoms with Gasteiger partial charge in [-0.2, -0.15) is 0 Å². The number of likely N-dealkylation sites (tertiary alicyclic amines) is 1. The molecule has 4 rings (SSSR count). The van der Waals surface area contributed by atoms with Gasteiger partial charge in [0.1, 0.15) is 16.7 Å². The lowest BCUT2D eigenvalue weighted by molar-refractivity contribution is 0.0375. The molecule has 31 heavy (non-hydrogen) atoms. The quantitative estimate of drug-likeness (QED) is 0.532. The summed E-state index contributed by atoms with van der Waals surface area (Å²) in [5.41, 5.74) is 1.82. The summed E-state index contributed by atoms with van der Waals surface area (Å²) in [7, 11) is 0. The summed E-state index contributed by atoms with van der Waals surface area (Å²) in [6, 6.07) is 3.18. The summed E-state index contributed by atoms with van der Waals surface area (Å²) in [6.45, 7) is 4.46. The molecule has 3 heterocycles. The summed E-state index contributed by atoms with van der Waals surface area (Å²) in [6.07, 6.45) is 7.64. The summed E-state index contributed by atoms with van der Waals surface area (Å²) >= 11 is 6.04. The summed E-state index contributed by atoms with van der Waals surface area (Å²) in [4.78, 5) is 10.8. The third kappa shape index (κ3) is 5.34. The Bertz CT molecular complexity index is 916. The van der Waals surface area contributed by atoms with Gasteiger partial charge in [0, 0.05) is 42.8 Å². The number of rotatable bonds is 8. The number of halogens is 2. The van der Waals surface area contributed by atoms with Crippen molar-refractivity contribution in [2.24, 2.45) is 5.92 Å². The van der Waals surface area contributed by atoms with Crippen LogP contribution in [0.3, 0.4) is 0 Å². The van der Waals surface area contributed by atoms with Crippen molar-refractivity contribution < 1.29 is 14.6 Å². The Morgan fingerprint density at radius 2 is 2.00 bits per heavy atom. The van der Waals surface area contributed by atoms with Crippen LogP contribution in [-0.4, -0.2) is 56.4 Å². The van der Waals surface area contributed by atoms with Crippen LogP contribution in [0.15, 0.2) is 24.5 Å². The molecule has 0 amide bonds. The molecule has 0 radical (unpaired) electrons. The Hall–Kier alpha value is -1.80. The van der Waals surface area contributed by atoms with Gasteiger partial charge < -0.3 is 15.5 Å². The Kier molecular flexibility index (Phi) is 6.77. The minimum absolute atomic E-state index is 0.0128. The molecular formula is C23H30ClFN4O2. The number of nitrogens with zero attached hydrogens (tertiary/aromatic N) is 3. The normalized spacial score (nSPS) is 19.9. The Morgan fingerprint density at radius 1 is 1.26 bits per heavy atom. The second-order valence-corrected chi connectivity index (χ2v) is 9.33. The molecule has 2 aromatic heterocycles. The van der Waals surface area contributed by atoms with Crippen LogP contribution in [0.5, 0.6) is 0 Å². The zero-order valence-corrected chi connectivity index (χ0v) is 18.6. The van der Waals surface area contributed by atoms with E-state index in [1.165, 1.54) is 6.20 Å². The van der Waals surface area contributed by atoms with E-state index >= 15 is 4.39 Å². The smallest absolute Gasteiger partial charge is 0.149 e. The van der Waals surface area contributed by atoms with Gasteiger partial charge in [-0.15, -0.1) is 0 Å². The number of aliphatic hydroxyl groups excluding tert-OH is 1. The molecular weight excluding hydrogens is 419 g/mol. The first-order valence-electron chi connectivity index (χ1n) is 11.0. The fourth-order valence-electron chi connectivity index (χ4n) is 4.45. The second-order valence-electron chi connectivity index (χ2n) is 8.94. The van der Waals surface area contributed by atoms with Gasteiger partial charge in [0.2, 0.25) is 0 Å². The average Bonchev–Trinajstić information content (AvgIpc) is 3.48. The topological polar surface area (TPSA) is 81.5 Å². The van der Waals surface area contributed by atoms with Gasteiger partial charge in [-0.25, -0.2) is 9.37 Å². The highest BCUT2D eigenvalue weighted by Gasteiger charge is 2.48. The molecule has 2 aromatic rings. The number of aromatic nitrogens is 2. The molecule has 3 N–H and O–H groups in total. The van der Waals surface area contributed by atoms with Crippen molar-refractivity contribution in [3.8, 4) is 11.3 Å². The fourth-order valence-corrected chi connectivity index (χ4v) is 4.61. The van der Waals surface area contributed by atoms with Gasteiger partial charge in [0.25, 0.3) is 0 Å². The summed E-state index contributed by atoms with van der Waals surface area (Å²) in [5, 5.41) is 23.0. The molecule has 1 aliphatic heterocycles. The van der Waals surface area contributed by atoms with Crippen LogP contribution in [0, 0.1) is 11.7 Å². The van der Waals surface area contributed by atoms with Crippen LogP contribution in [0.25, 0.3) is 11.3 Å². The van der Waals surface area contributed by atoms with E-state index in [1.54, 1.807) is 18.3 Å². The van der Waals surface area contributed by atoms with E-state index in [9.17, 15) is 5.11 Å². The molecule has 0 unspecified atom stereocenters. The molecule has 0 bridgehead atoms. The van der Waals surface area contributed by atoms with E-state index in [0.717, 1.165) is 44.3 Å². The zero-order valence-electron chi connectivity index (χ0n) is 17.8. The van der Waals surface area contributed by atoms with Crippen LogP contribution in [0.4, 0.5) is 10.1 Å². The zero-order chi connectivity index (χ0) is 22.0. The minimum Gasteiger partial charge on any atom is -0.396 e. The highest BCUT2D eigenvalue weighted by molar-refractivity contribution is 6.29. The molecule has 1 aliphatic carbocycles. The number of aliphatic hydroxyl groups is 2. The van der Waals surface area contributed by atoms with Crippen LogP contribution in [-0.2, 0) is 6.54 Å². The molecule has 1 saturated heterocycles. The van der Waals surface area contributed by atoms with Gasteiger partial charge in [-0.05, 0) is 75.7 Å². The molecule has 2 aliphatic rings. The average molecular weight is 449 g/mol. The van der Waals surface area contributed by atoms with Crippen molar-refractivity contribution in [3.63, 3.8) is 0 Å². The Balaban J connectivity index is 1.45. The SMILES string of the molecule is C[C@@H](CCO)Nc1cc(Cl)ncc1-c1ncc(CN2CCC(C3(O)CC3)CC2)cc1F. The summed E-state index contributed by atoms with van der Waals surface area (Å²) in [5.74, 6) is -0.000742. The summed E-state index contributed by atoms with van der Waals surface area (Å²) < 4.78 is 15.0. The molecule has 8 heteroatoms. The number of nitrogens with one attached hydrogen (secondary N) is 1. The third-order valence-electron chi connectivity index (χ3n) is 6.50. The monoisotopic (exact) mass is 448 g/mol. The maximum absolute atomic E-state index is 15.0. The third-order valence-corrected chi connectivity index (χ3v) is 6.71. The molecule has 6 nitrogen and oxygen atoms in total. The fraction of sp³-hybridized carbons (Fsp3) is 0.565. The van der Waals surface area contributed by atoms with Crippen LogP contribution in [0.2, 0.25) is 5.15 Å². The van der Waals surface area contributed by atoms with Gasteiger partial charge in [0.15, 0.2) is 0 Å². The number of piperidine rings is 1. The van der Waals surface area contributed by atoms with Gasteiger partial charge >= 0.3 is 0 Å². The van der Waals surface area contributed by atoms with Crippen LogP contribution in [0.1, 0.15) is 44.6 Å². The van der Waals surface area contributed by atoms with E-state index in [4.69, 9.17) is 16.7 Å². The first kappa shape index (κ1) is 22.4. The first-order chi connectivity index (χ1) is 14.9. The molecule has 0 spiro atoms. The van der Waals surface area contributed by atoms with Crippen LogP contribution < -0.4 is 5.32 Å². The first-order valence-corrected chi connectivity index (χ1v) is 11.4. The van der Waals surface area contributed by atoms with E-state index < -0.39 is 11.4 Å². The molecule has 0 aromatic carbocycles. The van der Waals surface area contributed by atoms with Crippen molar-refractivity contribution in [2.75, 3.05) is 25.0 Å². The number of pyridine rings is 2. The predicted octanol–water partition coefficient (Wildman–Crippen LogP) is 3.86. The standard InChI is InChI=1S/C23H30ClFN4O2/c1-15(4-9-30)28-20-11-21(24)26-13-18(20)22-19(25)10-16(12-27-22)14-29-7-2-17(3-8-29)23(31)5-6-23/h10-13,15,17,30-31H,2-9,14H2,1H3,(H,26,28)/t15-/m0/s1. The van der Waals surface area contributed by atoms with Crippen molar-refractivity contribution >= 4 is 17.3 Å². The van der Waals surface area contributed by atoms with E-state index in [1.807, 2.05) is 6.92 Å². The van der Waals surface area contributed by atoms with Gasteiger partial charge in [-0.1, -0.05) is 11.6 Å². The lowest BCUT2D eigenvalue weighted by atomic mass is 9.89. The Morgan fingerprint density at radius 3 is 2.65 bits per heavy atom. The van der Waals surface area contributed by atoms with E-state index in [-0.39, 0.29) is 18.3 Å². The van der Waals surface area contributed by atoms with Crippen molar-refractivity contribution in [3.05, 3.63) is 41.1 Å². The maximum atomic E-state index is 15.0. The van der Waals surface area contributed by atoms with Crippen molar-refractivity contribution in [1.29, 1.82) is 0 Å². The molecule has 1 atom stereocenters. The highest BCUT2D eigenvalue weighted by atomic mass is 35.5. The minimum atomic E-state index is -0.408. The highest BCUT2D eigenvalue weighted by Crippen LogP contribution is 2.46. The molecule has 2 fully saturated rings. The van der Waals surface area contributed by atoms with Crippen molar-refractivity contribution in [1.82, 2.24) is 14.9 Å². The largest absolute Gasteiger partial charge is 0.396 e. The maximum Gasteiger partial charge on any atom is 0.149 e. The molecule has 168 valence electrons. The lowest BCUT2D eigenvalue weighted by Crippen LogP contribution is -2.38. The number of hydrogen-bond donors (Lipinski definition) is 3. The van der Waals surface area contributed by atoms with Gasteiger partial charge in [0.05, 0.1) is 5.60 Å². The Labute approximate surface area is 187 Å². The van der Waals surface area contributed by atoms with Crippen molar-refractivity contribution in [2.45, 2.75) is 57.2 Å². The number of hydrogen-bond acceptors (Lipinski definition) is 6. The molecule has 1 saturated carbocycles. The number of anilines is 1. The van der Waals surface area contributed by atoms with Crippen LogP contribution >= 0.6 is 11.6 Å². The predicted molar refractivity (Wildman–Crippen MR) is 119 cm³/mol. The second kappa shape index (κ2) is 9.36.